The summed E-state index contributed by atoms with van der Waals surface area (Å²) in [5.41, 5.74) is 2.38. The van der Waals surface area contributed by atoms with Gasteiger partial charge in [0, 0.05) is 32.7 Å². The zero-order valence-electron chi connectivity index (χ0n) is 13.5. The standard InChI is InChI=1S/C17H28N2O2/c1-4-18-5-7-19(8-6-18)12-16(20)13-21-17-10-14(2)9-15(3)11-17/h9-11,16,20H,4-8,12-13H2,1-3H3/t16-/m1/s1. The van der Waals surface area contributed by atoms with Crippen LogP contribution in [-0.4, -0.2) is 66.9 Å². The molecule has 4 heteroatoms. The molecule has 1 atom stereocenters. The summed E-state index contributed by atoms with van der Waals surface area (Å²) in [6.45, 7) is 12.8. The average Bonchev–Trinajstić information content (AvgIpc) is 2.45. The second-order valence-electron chi connectivity index (χ2n) is 6.02. The lowest BCUT2D eigenvalue weighted by Gasteiger charge is -2.34. The van der Waals surface area contributed by atoms with Crippen molar-refractivity contribution in [3.05, 3.63) is 29.3 Å². The van der Waals surface area contributed by atoms with Crippen molar-refractivity contribution < 1.29 is 9.84 Å². The second-order valence-corrected chi connectivity index (χ2v) is 6.02. The largest absolute Gasteiger partial charge is 0.491 e. The number of nitrogens with zero attached hydrogens (tertiary/aromatic N) is 2. The van der Waals surface area contributed by atoms with Crippen LogP contribution in [0.25, 0.3) is 0 Å². The Morgan fingerprint density at radius 2 is 1.62 bits per heavy atom. The minimum absolute atomic E-state index is 0.358. The lowest BCUT2D eigenvalue weighted by atomic mass is 10.1. The van der Waals surface area contributed by atoms with E-state index in [4.69, 9.17) is 4.74 Å². The summed E-state index contributed by atoms with van der Waals surface area (Å²) in [6.07, 6.45) is -0.431. The van der Waals surface area contributed by atoms with E-state index in [2.05, 4.69) is 36.6 Å². The summed E-state index contributed by atoms with van der Waals surface area (Å²) < 4.78 is 5.73. The topological polar surface area (TPSA) is 35.9 Å². The van der Waals surface area contributed by atoms with Gasteiger partial charge in [0.25, 0.3) is 0 Å². The molecule has 0 radical (unpaired) electrons. The highest BCUT2D eigenvalue weighted by molar-refractivity contribution is 5.32. The molecule has 1 N–H and O–H groups in total. The smallest absolute Gasteiger partial charge is 0.119 e. The molecule has 2 rings (SSSR count). The molecule has 1 saturated heterocycles. The molecule has 0 aromatic heterocycles. The van der Waals surface area contributed by atoms with Crippen LogP contribution in [0.15, 0.2) is 18.2 Å². The fraction of sp³-hybridized carbons (Fsp3) is 0.647. The Morgan fingerprint density at radius 1 is 1.05 bits per heavy atom. The van der Waals surface area contributed by atoms with Crippen molar-refractivity contribution in [1.82, 2.24) is 9.80 Å². The Labute approximate surface area is 128 Å². The molecule has 0 amide bonds. The first-order valence-corrected chi connectivity index (χ1v) is 7.90. The molecule has 1 heterocycles. The normalized spacial score (nSPS) is 18.7. The van der Waals surface area contributed by atoms with Crippen LogP contribution in [0, 0.1) is 13.8 Å². The first kappa shape index (κ1) is 16.3. The number of benzene rings is 1. The van der Waals surface area contributed by atoms with Crippen LogP contribution >= 0.6 is 0 Å². The van der Waals surface area contributed by atoms with Gasteiger partial charge < -0.3 is 14.7 Å². The van der Waals surface area contributed by atoms with Gasteiger partial charge in [0.1, 0.15) is 18.5 Å². The third kappa shape index (κ3) is 5.30. The Balaban J connectivity index is 1.73. The highest BCUT2D eigenvalue weighted by Crippen LogP contribution is 2.16. The Kier molecular flexibility index (Phi) is 6.03. The molecule has 1 aliphatic heterocycles. The molecule has 4 nitrogen and oxygen atoms in total. The number of hydrogen-bond donors (Lipinski definition) is 1. The Bertz CT molecular complexity index is 422. The highest BCUT2D eigenvalue weighted by Gasteiger charge is 2.18. The number of hydrogen-bond acceptors (Lipinski definition) is 4. The van der Waals surface area contributed by atoms with Gasteiger partial charge in [-0.25, -0.2) is 0 Å². The molecule has 0 spiro atoms. The molecule has 118 valence electrons. The summed E-state index contributed by atoms with van der Waals surface area (Å²) in [4.78, 5) is 4.76. The predicted molar refractivity (Wildman–Crippen MR) is 86.0 cm³/mol. The minimum atomic E-state index is -0.431. The lowest BCUT2D eigenvalue weighted by Crippen LogP contribution is -2.49. The number of likely N-dealkylation sites (N-methyl/N-ethyl adjacent to an activating group) is 1. The van der Waals surface area contributed by atoms with Crippen LogP contribution in [0.5, 0.6) is 5.75 Å². The van der Waals surface area contributed by atoms with Gasteiger partial charge >= 0.3 is 0 Å². The van der Waals surface area contributed by atoms with E-state index in [1.54, 1.807) is 0 Å². The third-order valence-corrected chi connectivity index (χ3v) is 4.02. The molecule has 1 aromatic carbocycles. The van der Waals surface area contributed by atoms with Crippen LogP contribution in [-0.2, 0) is 0 Å². The van der Waals surface area contributed by atoms with E-state index in [9.17, 15) is 5.11 Å². The van der Waals surface area contributed by atoms with Crippen LogP contribution in [0.3, 0.4) is 0 Å². The molecule has 0 bridgehead atoms. The van der Waals surface area contributed by atoms with Crippen molar-refractivity contribution in [2.45, 2.75) is 26.9 Å². The Morgan fingerprint density at radius 3 is 2.19 bits per heavy atom. The number of aliphatic hydroxyl groups excluding tert-OH is 1. The molecular weight excluding hydrogens is 264 g/mol. The van der Waals surface area contributed by atoms with Crippen molar-refractivity contribution in [3.63, 3.8) is 0 Å². The number of ether oxygens (including phenoxy) is 1. The highest BCUT2D eigenvalue weighted by atomic mass is 16.5. The number of piperazine rings is 1. The van der Waals surface area contributed by atoms with Gasteiger partial charge in [0.15, 0.2) is 0 Å². The van der Waals surface area contributed by atoms with Gasteiger partial charge in [-0.05, 0) is 43.7 Å². The summed E-state index contributed by atoms with van der Waals surface area (Å²) >= 11 is 0. The van der Waals surface area contributed by atoms with E-state index < -0.39 is 6.10 Å². The maximum absolute atomic E-state index is 10.1. The van der Waals surface area contributed by atoms with Crippen LogP contribution in [0.4, 0.5) is 0 Å². The van der Waals surface area contributed by atoms with E-state index in [0.717, 1.165) is 38.5 Å². The number of β-amino-alcohol motifs (C(OH)–C–C–N with tert-alkyl or cyclic N) is 1. The Hall–Kier alpha value is -1.10. The summed E-state index contributed by atoms with van der Waals surface area (Å²) in [5, 5.41) is 10.1. The summed E-state index contributed by atoms with van der Waals surface area (Å²) in [6, 6.07) is 6.15. The summed E-state index contributed by atoms with van der Waals surface area (Å²) in [7, 11) is 0. The molecule has 0 aliphatic carbocycles. The van der Waals surface area contributed by atoms with Crippen LogP contribution in [0.1, 0.15) is 18.1 Å². The first-order valence-electron chi connectivity index (χ1n) is 7.90. The van der Waals surface area contributed by atoms with E-state index >= 15 is 0 Å². The maximum atomic E-state index is 10.1. The number of aryl methyl sites for hydroxylation is 2. The molecule has 0 saturated carbocycles. The van der Waals surface area contributed by atoms with Gasteiger partial charge in [0.2, 0.25) is 0 Å². The first-order chi connectivity index (χ1) is 10.1. The van der Waals surface area contributed by atoms with Gasteiger partial charge in [-0.1, -0.05) is 13.0 Å². The fourth-order valence-corrected chi connectivity index (χ4v) is 2.85. The molecule has 1 aromatic rings. The molecule has 1 fully saturated rings. The summed E-state index contributed by atoms with van der Waals surface area (Å²) in [5.74, 6) is 0.849. The van der Waals surface area contributed by atoms with E-state index in [-0.39, 0.29) is 0 Å². The predicted octanol–water partition coefficient (Wildman–Crippen LogP) is 1.68. The zero-order valence-corrected chi connectivity index (χ0v) is 13.5. The van der Waals surface area contributed by atoms with E-state index in [1.165, 1.54) is 11.1 Å². The van der Waals surface area contributed by atoms with E-state index in [1.807, 2.05) is 12.1 Å². The second kappa shape index (κ2) is 7.78. The van der Waals surface area contributed by atoms with E-state index in [0.29, 0.717) is 13.2 Å². The SMILES string of the molecule is CCN1CCN(C[C@@H](O)COc2cc(C)cc(C)c2)CC1. The molecular formula is C17H28N2O2. The van der Waals surface area contributed by atoms with Crippen molar-refractivity contribution in [2.75, 3.05) is 45.9 Å². The molecule has 21 heavy (non-hydrogen) atoms. The number of aliphatic hydroxyl groups is 1. The van der Waals surface area contributed by atoms with Crippen molar-refractivity contribution in [2.24, 2.45) is 0 Å². The maximum Gasteiger partial charge on any atom is 0.119 e. The van der Waals surface area contributed by atoms with Crippen molar-refractivity contribution >= 4 is 0 Å². The van der Waals surface area contributed by atoms with Crippen LogP contribution in [0.2, 0.25) is 0 Å². The van der Waals surface area contributed by atoms with Gasteiger partial charge in [-0.15, -0.1) is 0 Å². The van der Waals surface area contributed by atoms with Gasteiger partial charge in [-0.3, -0.25) is 4.90 Å². The molecule has 1 aliphatic rings. The average molecular weight is 292 g/mol. The lowest BCUT2D eigenvalue weighted by molar-refractivity contribution is 0.0470. The quantitative estimate of drug-likeness (QED) is 0.865. The van der Waals surface area contributed by atoms with Gasteiger partial charge in [-0.2, -0.15) is 0 Å². The van der Waals surface area contributed by atoms with Crippen LogP contribution < -0.4 is 4.74 Å². The zero-order chi connectivity index (χ0) is 15.2. The molecule has 0 unspecified atom stereocenters. The van der Waals surface area contributed by atoms with Crippen molar-refractivity contribution in [1.29, 1.82) is 0 Å². The number of rotatable bonds is 6. The monoisotopic (exact) mass is 292 g/mol. The minimum Gasteiger partial charge on any atom is -0.491 e. The van der Waals surface area contributed by atoms with Gasteiger partial charge in [0.05, 0.1) is 0 Å². The fourth-order valence-electron chi connectivity index (χ4n) is 2.85. The van der Waals surface area contributed by atoms with Crippen molar-refractivity contribution in [3.8, 4) is 5.75 Å². The third-order valence-electron chi connectivity index (χ3n) is 4.02.